The quantitative estimate of drug-likeness (QED) is 0.161. The summed E-state index contributed by atoms with van der Waals surface area (Å²) in [6.07, 6.45) is 0. The summed E-state index contributed by atoms with van der Waals surface area (Å²) in [5.74, 6) is -1.38. The van der Waals surface area contributed by atoms with Crippen LogP contribution in [0.2, 0.25) is 0 Å². The smallest absolute Gasteiger partial charge is 0.348 e. The maximum atomic E-state index is 13.9. The van der Waals surface area contributed by atoms with Gasteiger partial charge in [0.1, 0.15) is 16.5 Å². The second-order valence-corrected chi connectivity index (χ2v) is 10.5. The number of thiophene rings is 1. The zero-order chi connectivity index (χ0) is 29.4. The van der Waals surface area contributed by atoms with Gasteiger partial charge in [-0.2, -0.15) is 0 Å². The monoisotopic (exact) mass is 597 g/mol. The van der Waals surface area contributed by atoms with Crippen molar-refractivity contribution >= 4 is 51.6 Å². The van der Waals surface area contributed by atoms with Crippen LogP contribution >= 0.6 is 23.1 Å². The molecule has 0 unspecified atom stereocenters. The van der Waals surface area contributed by atoms with E-state index in [2.05, 4.69) is 20.8 Å². The first-order chi connectivity index (χ1) is 19.8. The highest BCUT2D eigenvalue weighted by molar-refractivity contribution is 7.99. The number of thioether (sulfide) groups is 1. The molecule has 0 aliphatic heterocycles. The van der Waals surface area contributed by atoms with Crippen molar-refractivity contribution in [1.29, 1.82) is 0 Å². The number of nitrogens with zero attached hydrogens (tertiary/aromatic N) is 3. The summed E-state index contributed by atoms with van der Waals surface area (Å²) < 4.78 is 26.4. The molecule has 0 spiro atoms. The van der Waals surface area contributed by atoms with Crippen LogP contribution in [0.25, 0.3) is 0 Å². The fraction of sp³-hybridized carbons (Fsp3) is 0.250. The topological polar surface area (TPSA) is 124 Å². The molecule has 0 aliphatic rings. The highest BCUT2D eigenvalue weighted by Crippen LogP contribution is 2.34. The molecule has 0 atom stereocenters. The fourth-order valence-corrected chi connectivity index (χ4v) is 5.76. The molecule has 0 radical (unpaired) electrons. The number of aromatic nitrogens is 3. The molecular weight excluding hydrogens is 569 g/mol. The number of esters is 1. The molecule has 0 saturated carbocycles. The maximum absolute atomic E-state index is 13.9. The number of rotatable bonds is 12. The molecule has 13 heteroatoms. The number of hydrogen-bond acceptors (Lipinski definition) is 9. The van der Waals surface area contributed by atoms with E-state index in [1.807, 2.05) is 13.0 Å². The number of anilines is 2. The van der Waals surface area contributed by atoms with Crippen LogP contribution in [0.3, 0.4) is 0 Å². The van der Waals surface area contributed by atoms with Gasteiger partial charge in [-0.3, -0.25) is 9.59 Å². The number of hydrogen-bond donors (Lipinski definition) is 2. The molecular formula is C28H28FN5O5S2. The molecule has 2 aromatic heterocycles. The summed E-state index contributed by atoms with van der Waals surface area (Å²) in [5.41, 5.74) is 1.17. The van der Waals surface area contributed by atoms with Crippen molar-refractivity contribution in [3.8, 4) is 5.75 Å². The average Bonchev–Trinajstić information content (AvgIpc) is 3.51. The van der Waals surface area contributed by atoms with Crippen molar-refractivity contribution in [3.05, 3.63) is 82.2 Å². The minimum absolute atomic E-state index is 0.000472. The molecule has 2 amide bonds. The Morgan fingerprint density at radius 1 is 1.02 bits per heavy atom. The number of halogens is 1. The lowest BCUT2D eigenvalue weighted by molar-refractivity contribution is -0.113. The number of carbonyl (C=O) groups is 3. The lowest BCUT2D eigenvalue weighted by Crippen LogP contribution is -2.19. The van der Waals surface area contributed by atoms with E-state index in [1.54, 1.807) is 54.8 Å². The second-order valence-electron chi connectivity index (χ2n) is 8.50. The van der Waals surface area contributed by atoms with Crippen molar-refractivity contribution in [2.75, 3.05) is 23.0 Å². The molecule has 2 aromatic carbocycles. The fourth-order valence-electron chi connectivity index (χ4n) is 3.83. The SMILES string of the molecule is CCOC(=O)c1sc(NC(=O)CSc2nnc(COc3ccccc3F)n2CC)c(C(=O)Nc2ccccc2)c1C. The molecule has 41 heavy (non-hydrogen) atoms. The lowest BCUT2D eigenvalue weighted by atomic mass is 10.1. The Morgan fingerprint density at radius 3 is 2.46 bits per heavy atom. The first kappa shape index (κ1) is 29.7. The van der Waals surface area contributed by atoms with E-state index in [0.29, 0.717) is 28.8 Å². The van der Waals surface area contributed by atoms with E-state index in [-0.39, 0.29) is 40.2 Å². The number of ether oxygens (including phenoxy) is 2. The number of carbonyl (C=O) groups excluding carboxylic acids is 3. The van der Waals surface area contributed by atoms with E-state index in [9.17, 15) is 18.8 Å². The van der Waals surface area contributed by atoms with Crippen molar-refractivity contribution in [2.45, 2.75) is 39.1 Å². The molecule has 0 bridgehead atoms. The van der Waals surface area contributed by atoms with Gasteiger partial charge in [0, 0.05) is 12.2 Å². The number of benzene rings is 2. The first-order valence-electron chi connectivity index (χ1n) is 12.7. The molecule has 0 fully saturated rings. The van der Waals surface area contributed by atoms with Crippen LogP contribution in [0.15, 0.2) is 59.8 Å². The number of para-hydroxylation sites is 2. The van der Waals surface area contributed by atoms with Crippen LogP contribution < -0.4 is 15.4 Å². The summed E-state index contributed by atoms with van der Waals surface area (Å²) in [6.45, 7) is 5.90. The van der Waals surface area contributed by atoms with Gasteiger partial charge in [-0.05, 0) is 50.6 Å². The Labute approximate surface area is 244 Å². The van der Waals surface area contributed by atoms with Gasteiger partial charge in [0.15, 0.2) is 22.5 Å². The molecule has 214 valence electrons. The summed E-state index contributed by atoms with van der Waals surface area (Å²) in [7, 11) is 0. The van der Waals surface area contributed by atoms with Gasteiger partial charge >= 0.3 is 5.97 Å². The van der Waals surface area contributed by atoms with Gasteiger partial charge in [-0.1, -0.05) is 42.1 Å². The molecule has 4 aromatic rings. The molecule has 4 rings (SSSR count). The Morgan fingerprint density at radius 2 is 1.76 bits per heavy atom. The van der Waals surface area contributed by atoms with Gasteiger partial charge < -0.3 is 24.7 Å². The number of amides is 2. The summed E-state index contributed by atoms with van der Waals surface area (Å²) in [6, 6.07) is 14.9. The van der Waals surface area contributed by atoms with Gasteiger partial charge in [-0.25, -0.2) is 9.18 Å². The van der Waals surface area contributed by atoms with Crippen LogP contribution in [0.1, 0.15) is 45.3 Å². The minimum Gasteiger partial charge on any atom is -0.483 e. The molecule has 0 aliphatic carbocycles. The summed E-state index contributed by atoms with van der Waals surface area (Å²) in [5, 5.41) is 14.6. The Balaban J connectivity index is 1.47. The van der Waals surface area contributed by atoms with Crippen LogP contribution in [-0.2, 0) is 22.7 Å². The molecule has 10 nitrogen and oxygen atoms in total. The van der Waals surface area contributed by atoms with Crippen LogP contribution in [0.5, 0.6) is 5.75 Å². The van der Waals surface area contributed by atoms with Crippen LogP contribution in [-0.4, -0.2) is 44.9 Å². The zero-order valence-corrected chi connectivity index (χ0v) is 24.2. The third-order valence-electron chi connectivity index (χ3n) is 5.75. The van der Waals surface area contributed by atoms with E-state index in [0.717, 1.165) is 23.1 Å². The highest BCUT2D eigenvalue weighted by Gasteiger charge is 2.27. The molecule has 2 N–H and O–H groups in total. The summed E-state index contributed by atoms with van der Waals surface area (Å²) in [4.78, 5) is 39.0. The third kappa shape index (κ3) is 7.30. The van der Waals surface area contributed by atoms with Crippen LogP contribution in [0, 0.1) is 12.7 Å². The van der Waals surface area contributed by atoms with Gasteiger partial charge in [0.05, 0.1) is 17.9 Å². The Hall–Kier alpha value is -4.23. The summed E-state index contributed by atoms with van der Waals surface area (Å²) >= 11 is 2.13. The maximum Gasteiger partial charge on any atom is 0.348 e. The van der Waals surface area contributed by atoms with E-state index in [1.165, 1.54) is 12.1 Å². The van der Waals surface area contributed by atoms with Gasteiger partial charge in [0.2, 0.25) is 5.91 Å². The number of nitrogens with one attached hydrogen (secondary N) is 2. The van der Waals surface area contributed by atoms with E-state index < -0.39 is 23.6 Å². The normalized spacial score (nSPS) is 10.7. The van der Waals surface area contributed by atoms with Crippen molar-refractivity contribution in [1.82, 2.24) is 14.8 Å². The van der Waals surface area contributed by atoms with Crippen molar-refractivity contribution < 1.29 is 28.2 Å². The van der Waals surface area contributed by atoms with Gasteiger partial charge in [-0.15, -0.1) is 21.5 Å². The highest BCUT2D eigenvalue weighted by atomic mass is 32.2. The Bertz CT molecular complexity index is 1540. The first-order valence-corrected chi connectivity index (χ1v) is 14.5. The largest absolute Gasteiger partial charge is 0.483 e. The Kier molecular flexibility index (Phi) is 10.1. The average molecular weight is 598 g/mol. The van der Waals surface area contributed by atoms with Crippen LogP contribution in [0.4, 0.5) is 15.1 Å². The van der Waals surface area contributed by atoms with Crippen molar-refractivity contribution in [2.24, 2.45) is 0 Å². The molecule has 0 saturated heterocycles. The second kappa shape index (κ2) is 13.9. The third-order valence-corrected chi connectivity index (χ3v) is 7.91. The standard InChI is InChI=1S/C28H28FN5O5S2/c1-4-34-21(15-39-20-14-10-9-13-19(20)29)32-33-28(34)40-16-22(35)31-26-23(17(3)24(41-26)27(37)38-5-2)25(36)30-18-11-7-6-8-12-18/h6-14H,4-5,15-16H2,1-3H3,(H,30,36)(H,31,35). The van der Waals surface area contributed by atoms with E-state index in [4.69, 9.17) is 9.47 Å². The van der Waals surface area contributed by atoms with Gasteiger partial charge in [0.25, 0.3) is 5.91 Å². The molecule has 2 heterocycles. The lowest BCUT2D eigenvalue weighted by Gasteiger charge is -2.10. The predicted octanol–water partition coefficient (Wildman–Crippen LogP) is 5.55. The van der Waals surface area contributed by atoms with Crippen molar-refractivity contribution in [3.63, 3.8) is 0 Å². The van der Waals surface area contributed by atoms with E-state index >= 15 is 0 Å². The minimum atomic E-state index is -0.570. The predicted molar refractivity (Wildman–Crippen MR) is 155 cm³/mol. The zero-order valence-electron chi connectivity index (χ0n) is 22.6.